The lowest BCUT2D eigenvalue weighted by molar-refractivity contribution is -0.133. The molecule has 6 heteroatoms. The number of carbonyl (C=O) groups excluding carboxylic acids is 1. The topological polar surface area (TPSA) is 50.3 Å². The lowest BCUT2D eigenvalue weighted by atomic mass is 10.0. The lowest BCUT2D eigenvalue weighted by Gasteiger charge is -2.37. The van der Waals surface area contributed by atoms with Crippen molar-refractivity contribution in [1.29, 1.82) is 0 Å². The predicted molar refractivity (Wildman–Crippen MR) is 114 cm³/mol. The summed E-state index contributed by atoms with van der Waals surface area (Å²) >= 11 is 0. The van der Waals surface area contributed by atoms with Crippen molar-refractivity contribution >= 4 is 11.6 Å². The highest BCUT2D eigenvalue weighted by atomic mass is 16.3. The van der Waals surface area contributed by atoms with Gasteiger partial charge in [-0.3, -0.25) is 9.69 Å². The number of hydrogen-bond acceptors (Lipinski definition) is 5. The number of amides is 1. The fourth-order valence-electron chi connectivity index (χ4n) is 4.31. The molecule has 2 atom stereocenters. The lowest BCUT2D eigenvalue weighted by Crippen LogP contribution is -2.51. The first kappa shape index (κ1) is 21.1. The molecule has 0 saturated carbocycles. The Hall–Kier alpha value is -1.63. The molecule has 156 valence electrons. The van der Waals surface area contributed by atoms with E-state index in [0.29, 0.717) is 19.1 Å². The van der Waals surface area contributed by atoms with Crippen LogP contribution >= 0.6 is 0 Å². The number of nitrogens with zero attached hydrogens (tertiary/aromatic N) is 4. The van der Waals surface area contributed by atoms with Crippen LogP contribution in [0.2, 0.25) is 0 Å². The van der Waals surface area contributed by atoms with Gasteiger partial charge in [-0.2, -0.15) is 0 Å². The van der Waals surface area contributed by atoms with Gasteiger partial charge in [-0.1, -0.05) is 12.1 Å². The largest absolute Gasteiger partial charge is 0.396 e. The van der Waals surface area contributed by atoms with Gasteiger partial charge in [0.2, 0.25) is 5.91 Å². The second-order valence-corrected chi connectivity index (χ2v) is 8.64. The smallest absolute Gasteiger partial charge is 0.236 e. The summed E-state index contributed by atoms with van der Waals surface area (Å²) in [4.78, 5) is 21.9. The van der Waals surface area contributed by atoms with Crippen molar-refractivity contribution in [2.75, 3.05) is 71.4 Å². The fourth-order valence-corrected chi connectivity index (χ4v) is 4.31. The quantitative estimate of drug-likeness (QED) is 0.824. The highest BCUT2D eigenvalue weighted by Gasteiger charge is 2.29. The Morgan fingerprint density at radius 1 is 1.14 bits per heavy atom. The highest BCUT2D eigenvalue weighted by Crippen LogP contribution is 2.20. The van der Waals surface area contributed by atoms with Gasteiger partial charge in [0.15, 0.2) is 0 Å². The summed E-state index contributed by atoms with van der Waals surface area (Å²) < 4.78 is 0. The van der Waals surface area contributed by atoms with Crippen LogP contribution in [0, 0.1) is 12.8 Å². The molecule has 1 aromatic carbocycles. The van der Waals surface area contributed by atoms with E-state index in [0.717, 1.165) is 45.6 Å². The Morgan fingerprint density at radius 2 is 1.89 bits per heavy atom. The zero-order valence-corrected chi connectivity index (χ0v) is 17.7. The number of aliphatic hydroxyl groups excluding tert-OH is 1. The monoisotopic (exact) mass is 388 g/mol. The molecule has 2 fully saturated rings. The summed E-state index contributed by atoms with van der Waals surface area (Å²) in [5.41, 5.74) is 2.56. The van der Waals surface area contributed by atoms with Crippen molar-refractivity contribution in [3.63, 3.8) is 0 Å². The summed E-state index contributed by atoms with van der Waals surface area (Å²) in [6.07, 6.45) is 2.02. The molecule has 1 amide bonds. The maximum Gasteiger partial charge on any atom is 0.236 e. The molecule has 2 heterocycles. The number of aryl methyl sites for hydroxylation is 1. The number of likely N-dealkylation sites (N-methyl/N-ethyl adjacent to an activating group) is 1. The first-order valence-electron chi connectivity index (χ1n) is 10.5. The van der Waals surface area contributed by atoms with Crippen molar-refractivity contribution < 1.29 is 9.90 Å². The van der Waals surface area contributed by atoms with Crippen LogP contribution < -0.4 is 4.90 Å². The van der Waals surface area contributed by atoms with Crippen LogP contribution in [-0.2, 0) is 4.79 Å². The van der Waals surface area contributed by atoms with E-state index in [-0.39, 0.29) is 18.4 Å². The summed E-state index contributed by atoms with van der Waals surface area (Å²) in [5.74, 6) is 0.406. The molecular formula is C22H36N4O2. The molecule has 0 aromatic heterocycles. The number of rotatable bonds is 5. The second kappa shape index (κ2) is 9.72. The molecule has 2 aliphatic rings. The summed E-state index contributed by atoms with van der Waals surface area (Å²) in [6.45, 7) is 7.96. The molecule has 0 radical (unpaired) electrons. The van der Waals surface area contributed by atoms with Crippen molar-refractivity contribution in [1.82, 2.24) is 14.7 Å². The summed E-state index contributed by atoms with van der Waals surface area (Å²) in [7, 11) is 4.16. The summed E-state index contributed by atoms with van der Waals surface area (Å²) in [5, 5.41) is 9.65. The maximum atomic E-state index is 13.0. The molecule has 0 aliphatic carbocycles. The molecule has 1 aromatic rings. The molecule has 1 N–H and O–H groups in total. The molecule has 3 rings (SSSR count). The minimum atomic E-state index is 0.166. The Bertz CT molecular complexity index is 643. The van der Waals surface area contributed by atoms with Gasteiger partial charge < -0.3 is 19.8 Å². The van der Waals surface area contributed by atoms with E-state index in [2.05, 4.69) is 60.0 Å². The summed E-state index contributed by atoms with van der Waals surface area (Å²) in [6, 6.07) is 9.01. The van der Waals surface area contributed by atoms with Crippen LogP contribution in [0.25, 0.3) is 0 Å². The average Bonchev–Trinajstić information content (AvgIpc) is 2.91. The maximum absolute atomic E-state index is 13.0. The Labute approximate surface area is 169 Å². The number of likely N-dealkylation sites (tertiary alicyclic amines) is 1. The molecule has 0 unspecified atom stereocenters. The molecule has 6 nitrogen and oxygen atoms in total. The third kappa shape index (κ3) is 5.46. The van der Waals surface area contributed by atoms with Gasteiger partial charge in [0.25, 0.3) is 0 Å². The predicted octanol–water partition coefficient (Wildman–Crippen LogP) is 1.28. The third-order valence-corrected chi connectivity index (χ3v) is 6.26. The van der Waals surface area contributed by atoms with Crippen LogP contribution in [-0.4, -0.2) is 98.3 Å². The van der Waals surface area contributed by atoms with Crippen molar-refractivity contribution in [3.8, 4) is 0 Å². The van der Waals surface area contributed by atoms with Crippen LogP contribution in [0.5, 0.6) is 0 Å². The van der Waals surface area contributed by atoms with Crippen LogP contribution in [0.15, 0.2) is 24.3 Å². The van der Waals surface area contributed by atoms with Crippen molar-refractivity contribution in [2.24, 2.45) is 5.92 Å². The van der Waals surface area contributed by atoms with Gasteiger partial charge in [0.05, 0.1) is 6.54 Å². The Morgan fingerprint density at radius 3 is 2.54 bits per heavy atom. The van der Waals surface area contributed by atoms with E-state index in [9.17, 15) is 9.90 Å². The SMILES string of the molecule is Cc1cccc(N2CCN(CC(=O)N3C[C@@H](CO)CC[C@@H](N(C)C)C3)CC2)c1. The van der Waals surface area contributed by atoms with Crippen LogP contribution in [0.1, 0.15) is 18.4 Å². The van der Waals surface area contributed by atoms with E-state index >= 15 is 0 Å². The molecular weight excluding hydrogens is 352 g/mol. The van der Waals surface area contributed by atoms with Crippen LogP contribution in [0.3, 0.4) is 0 Å². The molecule has 28 heavy (non-hydrogen) atoms. The van der Waals surface area contributed by atoms with Crippen molar-refractivity contribution in [2.45, 2.75) is 25.8 Å². The number of aliphatic hydroxyl groups is 1. The molecule has 2 aliphatic heterocycles. The van der Waals surface area contributed by atoms with E-state index in [1.807, 2.05) is 4.90 Å². The third-order valence-electron chi connectivity index (χ3n) is 6.26. The zero-order valence-electron chi connectivity index (χ0n) is 17.7. The van der Waals surface area contributed by atoms with E-state index < -0.39 is 0 Å². The average molecular weight is 389 g/mol. The fraction of sp³-hybridized carbons (Fsp3) is 0.682. The van der Waals surface area contributed by atoms with Crippen LogP contribution in [0.4, 0.5) is 5.69 Å². The second-order valence-electron chi connectivity index (χ2n) is 8.64. The molecule has 2 saturated heterocycles. The minimum Gasteiger partial charge on any atom is -0.396 e. The Balaban J connectivity index is 1.54. The van der Waals surface area contributed by atoms with Crippen molar-refractivity contribution in [3.05, 3.63) is 29.8 Å². The van der Waals surface area contributed by atoms with E-state index in [4.69, 9.17) is 0 Å². The molecule has 0 spiro atoms. The number of carbonyl (C=O) groups is 1. The number of piperazine rings is 1. The Kier molecular flexibility index (Phi) is 7.32. The van der Waals surface area contributed by atoms with Gasteiger partial charge in [0.1, 0.15) is 0 Å². The number of benzene rings is 1. The molecule has 0 bridgehead atoms. The van der Waals surface area contributed by atoms with Gasteiger partial charge in [0, 0.05) is 57.6 Å². The van der Waals surface area contributed by atoms with Gasteiger partial charge in [-0.25, -0.2) is 0 Å². The zero-order chi connectivity index (χ0) is 20.1. The minimum absolute atomic E-state index is 0.166. The number of hydrogen-bond donors (Lipinski definition) is 1. The first-order chi connectivity index (χ1) is 13.5. The first-order valence-corrected chi connectivity index (χ1v) is 10.5. The van der Waals surface area contributed by atoms with Gasteiger partial charge in [-0.15, -0.1) is 0 Å². The van der Waals surface area contributed by atoms with E-state index in [1.54, 1.807) is 0 Å². The highest BCUT2D eigenvalue weighted by molar-refractivity contribution is 5.78. The van der Waals surface area contributed by atoms with E-state index in [1.165, 1.54) is 11.3 Å². The van der Waals surface area contributed by atoms with Gasteiger partial charge >= 0.3 is 0 Å². The van der Waals surface area contributed by atoms with Gasteiger partial charge in [-0.05, 0) is 57.5 Å². The standard InChI is InChI=1S/C22H36N4O2/c1-18-5-4-6-20(13-18)25-11-9-24(10-12-25)16-22(28)26-14-19(17-27)7-8-21(15-26)23(2)3/h4-6,13,19,21,27H,7-12,14-17H2,1-3H3/t19-,21+/m0/s1. The number of anilines is 1. The normalized spacial score (nSPS) is 24.5.